The van der Waals surface area contributed by atoms with E-state index in [1.807, 2.05) is 13.0 Å². The first-order chi connectivity index (χ1) is 6.68. The standard InChI is InChI=1S/C10H13N3O/c1-7-4-12-3-2-8(7)5-13-6-9(11)10(13)14/h2-4,9H,5-6,11H2,1H3. The highest BCUT2D eigenvalue weighted by Gasteiger charge is 2.33. The highest BCUT2D eigenvalue weighted by Crippen LogP contribution is 2.15. The van der Waals surface area contributed by atoms with Crippen LogP contribution in [0.5, 0.6) is 0 Å². The zero-order valence-corrected chi connectivity index (χ0v) is 8.10. The van der Waals surface area contributed by atoms with Crippen LogP contribution in [0.2, 0.25) is 0 Å². The number of rotatable bonds is 2. The van der Waals surface area contributed by atoms with Gasteiger partial charge in [0.1, 0.15) is 6.04 Å². The minimum Gasteiger partial charge on any atom is -0.335 e. The van der Waals surface area contributed by atoms with Crippen molar-refractivity contribution in [3.8, 4) is 0 Å². The van der Waals surface area contributed by atoms with E-state index in [-0.39, 0.29) is 11.9 Å². The van der Waals surface area contributed by atoms with Crippen LogP contribution in [0.3, 0.4) is 0 Å². The number of carbonyl (C=O) groups excluding carboxylic acids is 1. The maximum Gasteiger partial charge on any atom is 0.241 e. The van der Waals surface area contributed by atoms with E-state index in [0.717, 1.165) is 11.1 Å². The van der Waals surface area contributed by atoms with Gasteiger partial charge >= 0.3 is 0 Å². The Morgan fingerprint density at radius 3 is 3.07 bits per heavy atom. The van der Waals surface area contributed by atoms with E-state index in [0.29, 0.717) is 13.1 Å². The highest BCUT2D eigenvalue weighted by molar-refractivity contribution is 5.87. The molecule has 0 spiro atoms. The Hall–Kier alpha value is -1.42. The number of nitrogens with two attached hydrogens (primary N) is 1. The molecule has 1 aliphatic heterocycles. The molecule has 4 nitrogen and oxygen atoms in total. The van der Waals surface area contributed by atoms with Gasteiger partial charge in [0, 0.05) is 25.5 Å². The van der Waals surface area contributed by atoms with Crippen molar-refractivity contribution in [3.05, 3.63) is 29.6 Å². The van der Waals surface area contributed by atoms with Gasteiger partial charge in [0.15, 0.2) is 0 Å². The Morgan fingerprint density at radius 1 is 1.71 bits per heavy atom. The zero-order chi connectivity index (χ0) is 10.1. The predicted molar refractivity (Wildman–Crippen MR) is 52.4 cm³/mol. The van der Waals surface area contributed by atoms with E-state index in [9.17, 15) is 4.79 Å². The molecular weight excluding hydrogens is 178 g/mol. The molecule has 0 aromatic carbocycles. The molecule has 1 aromatic heterocycles. The molecule has 1 saturated heterocycles. The van der Waals surface area contributed by atoms with E-state index in [1.165, 1.54) is 0 Å². The third kappa shape index (κ3) is 1.48. The van der Waals surface area contributed by atoms with Crippen molar-refractivity contribution >= 4 is 5.91 Å². The van der Waals surface area contributed by atoms with E-state index in [2.05, 4.69) is 4.98 Å². The maximum atomic E-state index is 11.3. The summed E-state index contributed by atoms with van der Waals surface area (Å²) in [6, 6.07) is 1.66. The fourth-order valence-electron chi connectivity index (χ4n) is 1.56. The Balaban J connectivity index is 2.06. The number of amides is 1. The van der Waals surface area contributed by atoms with Crippen molar-refractivity contribution < 1.29 is 4.79 Å². The Labute approximate surface area is 82.7 Å². The lowest BCUT2D eigenvalue weighted by Crippen LogP contribution is -2.60. The quantitative estimate of drug-likeness (QED) is 0.672. The summed E-state index contributed by atoms with van der Waals surface area (Å²) in [6.07, 6.45) is 3.55. The van der Waals surface area contributed by atoms with Crippen molar-refractivity contribution in [1.29, 1.82) is 0 Å². The molecule has 2 rings (SSSR count). The van der Waals surface area contributed by atoms with Crippen LogP contribution < -0.4 is 5.73 Å². The minimum atomic E-state index is -0.280. The van der Waals surface area contributed by atoms with E-state index < -0.39 is 0 Å². The topological polar surface area (TPSA) is 59.2 Å². The summed E-state index contributed by atoms with van der Waals surface area (Å²) < 4.78 is 0. The molecular formula is C10H13N3O. The molecule has 2 N–H and O–H groups in total. The number of carbonyl (C=O) groups is 1. The number of β-lactam (4-membered cyclic amide) rings is 1. The van der Waals surface area contributed by atoms with Crippen molar-refractivity contribution in [3.63, 3.8) is 0 Å². The Morgan fingerprint density at radius 2 is 2.50 bits per heavy atom. The molecule has 1 aromatic rings. The molecule has 4 heteroatoms. The van der Waals surface area contributed by atoms with Gasteiger partial charge in [-0.1, -0.05) is 0 Å². The summed E-state index contributed by atoms with van der Waals surface area (Å²) in [7, 11) is 0. The molecule has 14 heavy (non-hydrogen) atoms. The molecule has 0 aliphatic carbocycles. The number of nitrogens with zero attached hydrogens (tertiary/aromatic N) is 2. The van der Waals surface area contributed by atoms with Crippen LogP contribution in [0.4, 0.5) is 0 Å². The molecule has 0 saturated carbocycles. The number of hydrogen-bond donors (Lipinski definition) is 1. The molecule has 1 atom stereocenters. The van der Waals surface area contributed by atoms with Crippen LogP contribution in [0, 0.1) is 6.92 Å². The zero-order valence-electron chi connectivity index (χ0n) is 8.10. The molecule has 1 aliphatic rings. The van der Waals surface area contributed by atoms with Gasteiger partial charge in [0.05, 0.1) is 0 Å². The van der Waals surface area contributed by atoms with Crippen LogP contribution in [-0.4, -0.2) is 28.4 Å². The summed E-state index contributed by atoms with van der Waals surface area (Å²) >= 11 is 0. The summed E-state index contributed by atoms with van der Waals surface area (Å²) in [5, 5.41) is 0. The lowest BCUT2D eigenvalue weighted by atomic mass is 10.1. The largest absolute Gasteiger partial charge is 0.335 e. The lowest BCUT2D eigenvalue weighted by molar-refractivity contribution is -0.143. The Bertz CT molecular complexity index is 364. The second-order valence-electron chi connectivity index (χ2n) is 3.63. The summed E-state index contributed by atoms with van der Waals surface area (Å²) in [5.41, 5.74) is 7.75. The molecule has 0 bridgehead atoms. The maximum absolute atomic E-state index is 11.3. The average Bonchev–Trinajstić information content (AvgIpc) is 2.20. The van der Waals surface area contributed by atoms with Crippen LogP contribution in [-0.2, 0) is 11.3 Å². The molecule has 1 fully saturated rings. The van der Waals surface area contributed by atoms with Crippen molar-refractivity contribution in [2.75, 3.05) is 6.54 Å². The van der Waals surface area contributed by atoms with E-state index in [4.69, 9.17) is 5.73 Å². The highest BCUT2D eigenvalue weighted by atomic mass is 16.2. The first kappa shape index (κ1) is 9.15. The third-order valence-electron chi connectivity index (χ3n) is 2.54. The third-order valence-corrected chi connectivity index (χ3v) is 2.54. The van der Waals surface area contributed by atoms with Crippen molar-refractivity contribution in [1.82, 2.24) is 9.88 Å². The first-order valence-electron chi connectivity index (χ1n) is 4.62. The number of pyridine rings is 1. The van der Waals surface area contributed by atoms with Gasteiger partial charge in [0.25, 0.3) is 0 Å². The van der Waals surface area contributed by atoms with Gasteiger partial charge in [-0.05, 0) is 24.1 Å². The average molecular weight is 191 g/mol. The molecule has 1 amide bonds. The van der Waals surface area contributed by atoms with Crippen molar-refractivity contribution in [2.45, 2.75) is 19.5 Å². The fraction of sp³-hybridized carbons (Fsp3) is 0.400. The smallest absolute Gasteiger partial charge is 0.241 e. The summed E-state index contributed by atoms with van der Waals surface area (Å²) in [6.45, 7) is 3.31. The Kier molecular flexibility index (Phi) is 2.21. The van der Waals surface area contributed by atoms with Crippen LogP contribution >= 0.6 is 0 Å². The SMILES string of the molecule is Cc1cnccc1CN1CC(N)C1=O. The fourth-order valence-corrected chi connectivity index (χ4v) is 1.56. The number of hydrogen-bond acceptors (Lipinski definition) is 3. The van der Waals surface area contributed by atoms with E-state index >= 15 is 0 Å². The van der Waals surface area contributed by atoms with Crippen LogP contribution in [0.25, 0.3) is 0 Å². The van der Waals surface area contributed by atoms with Gasteiger partial charge in [-0.25, -0.2) is 0 Å². The van der Waals surface area contributed by atoms with E-state index in [1.54, 1.807) is 17.3 Å². The number of aryl methyl sites for hydroxylation is 1. The summed E-state index contributed by atoms with van der Waals surface area (Å²) in [4.78, 5) is 17.0. The number of aromatic nitrogens is 1. The molecule has 0 radical (unpaired) electrons. The van der Waals surface area contributed by atoms with Gasteiger partial charge in [-0.15, -0.1) is 0 Å². The first-order valence-corrected chi connectivity index (χ1v) is 4.62. The summed E-state index contributed by atoms with van der Waals surface area (Å²) in [5.74, 6) is 0.0428. The second-order valence-corrected chi connectivity index (χ2v) is 3.63. The normalized spacial score (nSPS) is 20.9. The number of likely N-dealkylation sites (tertiary alicyclic amines) is 1. The van der Waals surface area contributed by atoms with Gasteiger partial charge < -0.3 is 10.6 Å². The predicted octanol–water partition coefficient (Wildman–Crippen LogP) is 0.0595. The van der Waals surface area contributed by atoms with Gasteiger partial charge in [-0.3, -0.25) is 9.78 Å². The van der Waals surface area contributed by atoms with Gasteiger partial charge in [0.2, 0.25) is 5.91 Å². The van der Waals surface area contributed by atoms with Crippen molar-refractivity contribution in [2.24, 2.45) is 5.73 Å². The lowest BCUT2D eigenvalue weighted by Gasteiger charge is -2.36. The minimum absolute atomic E-state index is 0.0428. The molecule has 74 valence electrons. The second kappa shape index (κ2) is 3.38. The van der Waals surface area contributed by atoms with Gasteiger partial charge in [-0.2, -0.15) is 0 Å². The molecule has 2 heterocycles. The monoisotopic (exact) mass is 191 g/mol. The molecule has 1 unspecified atom stereocenters. The van der Waals surface area contributed by atoms with Crippen LogP contribution in [0.1, 0.15) is 11.1 Å². The van der Waals surface area contributed by atoms with Crippen LogP contribution in [0.15, 0.2) is 18.5 Å².